The van der Waals surface area contributed by atoms with Gasteiger partial charge in [-0.2, -0.15) is 0 Å². The fourth-order valence-electron chi connectivity index (χ4n) is 4.28. The number of rotatable bonds is 2. The van der Waals surface area contributed by atoms with Crippen molar-refractivity contribution in [1.82, 2.24) is 19.9 Å². The van der Waals surface area contributed by atoms with Crippen LogP contribution < -0.4 is 5.32 Å². The summed E-state index contributed by atoms with van der Waals surface area (Å²) in [6, 6.07) is 10.8. The van der Waals surface area contributed by atoms with Crippen LogP contribution in [-0.2, 0) is 4.74 Å². The van der Waals surface area contributed by atoms with Crippen molar-refractivity contribution in [3.8, 4) is 11.4 Å². The summed E-state index contributed by atoms with van der Waals surface area (Å²) in [5, 5.41) is 4.58. The normalized spacial score (nSPS) is 21.0. The summed E-state index contributed by atoms with van der Waals surface area (Å²) in [5.41, 5.74) is 2.21. The average Bonchev–Trinajstić information content (AvgIpc) is 3.29. The molecule has 1 spiro atoms. The minimum atomic E-state index is 0. The zero-order valence-corrected chi connectivity index (χ0v) is 16.6. The number of piperidine rings is 1. The summed E-state index contributed by atoms with van der Waals surface area (Å²) >= 11 is 0. The molecule has 0 bridgehead atoms. The van der Waals surface area contributed by atoms with Crippen LogP contribution in [0.1, 0.15) is 25.3 Å². The first kappa shape index (κ1) is 20.1. The van der Waals surface area contributed by atoms with Gasteiger partial charge in [0.1, 0.15) is 5.82 Å². The Morgan fingerprint density at radius 2 is 1.93 bits per heavy atom. The van der Waals surface area contributed by atoms with E-state index in [0.717, 1.165) is 61.2 Å². The van der Waals surface area contributed by atoms with Gasteiger partial charge in [0.25, 0.3) is 0 Å². The molecule has 144 valence electrons. The van der Waals surface area contributed by atoms with Crippen LogP contribution in [0.4, 0.5) is 0 Å². The molecule has 2 aliphatic rings. The number of benzene rings is 1. The molecule has 1 atom stereocenters. The molecular formula is C20H24Cl2N4O. The maximum Gasteiger partial charge on any atom is 0.140 e. The lowest BCUT2D eigenvalue weighted by atomic mass is 9.88. The van der Waals surface area contributed by atoms with Crippen LogP contribution in [0.5, 0.6) is 0 Å². The Morgan fingerprint density at radius 1 is 1.07 bits per heavy atom. The standard InChI is InChI=1S/C20H22N4O.2ClH/c1-2-15-12-16(3-4-18(15)22-7-1)19-23-10-11-24(19)17-13-20(25-14-17)5-8-21-9-6-20;;/h1-4,7,10-12,17,21H,5-6,8-9,13-14H2;2*1H. The highest BCUT2D eigenvalue weighted by atomic mass is 35.5. The number of fused-ring (bicyclic) bond motifs is 1. The van der Waals surface area contributed by atoms with Gasteiger partial charge in [0.05, 0.1) is 23.8 Å². The lowest BCUT2D eigenvalue weighted by molar-refractivity contribution is -0.0195. The van der Waals surface area contributed by atoms with Crippen LogP contribution >= 0.6 is 24.8 Å². The molecule has 1 N–H and O–H groups in total. The molecule has 0 radical (unpaired) electrons. The summed E-state index contributed by atoms with van der Waals surface area (Å²) in [7, 11) is 0. The SMILES string of the molecule is Cl.Cl.c1cnc2ccc(-c3nccn3C3COC4(CCNCC4)C3)cc2c1. The zero-order chi connectivity index (χ0) is 16.7. The second kappa shape index (κ2) is 8.15. The van der Waals surface area contributed by atoms with Crippen molar-refractivity contribution >= 4 is 35.7 Å². The highest BCUT2D eigenvalue weighted by Crippen LogP contribution is 2.40. The number of nitrogens with one attached hydrogen (secondary N) is 1. The second-order valence-electron chi connectivity index (χ2n) is 7.17. The van der Waals surface area contributed by atoms with Crippen molar-refractivity contribution in [3.05, 3.63) is 48.9 Å². The van der Waals surface area contributed by atoms with Crippen molar-refractivity contribution in [3.63, 3.8) is 0 Å². The fourth-order valence-corrected chi connectivity index (χ4v) is 4.28. The van der Waals surface area contributed by atoms with Crippen LogP contribution in [0.3, 0.4) is 0 Å². The minimum absolute atomic E-state index is 0. The topological polar surface area (TPSA) is 52.0 Å². The molecular weight excluding hydrogens is 383 g/mol. The van der Waals surface area contributed by atoms with E-state index in [2.05, 4.69) is 50.3 Å². The number of halogens is 2. The third kappa shape index (κ3) is 3.69. The zero-order valence-electron chi connectivity index (χ0n) is 15.0. The largest absolute Gasteiger partial charge is 0.373 e. The molecule has 0 amide bonds. The molecule has 4 heterocycles. The maximum atomic E-state index is 6.28. The third-order valence-corrected chi connectivity index (χ3v) is 5.63. The molecule has 0 saturated carbocycles. The van der Waals surface area contributed by atoms with E-state index in [4.69, 9.17) is 4.74 Å². The third-order valence-electron chi connectivity index (χ3n) is 5.63. The summed E-state index contributed by atoms with van der Waals surface area (Å²) in [5.74, 6) is 1.02. The van der Waals surface area contributed by atoms with E-state index in [-0.39, 0.29) is 30.4 Å². The fraction of sp³-hybridized carbons (Fsp3) is 0.400. The van der Waals surface area contributed by atoms with Crippen LogP contribution in [0.25, 0.3) is 22.3 Å². The van der Waals surface area contributed by atoms with Gasteiger partial charge in [-0.3, -0.25) is 4.98 Å². The molecule has 7 heteroatoms. The first-order chi connectivity index (χ1) is 12.3. The van der Waals surface area contributed by atoms with Gasteiger partial charge in [0.15, 0.2) is 0 Å². The Morgan fingerprint density at radius 3 is 2.78 bits per heavy atom. The summed E-state index contributed by atoms with van der Waals surface area (Å²) < 4.78 is 8.58. The highest BCUT2D eigenvalue weighted by molar-refractivity contribution is 5.85. The van der Waals surface area contributed by atoms with Crippen LogP contribution in [0, 0.1) is 0 Å². The molecule has 2 fully saturated rings. The predicted molar refractivity (Wildman–Crippen MR) is 112 cm³/mol. The predicted octanol–water partition coefficient (Wildman–Crippen LogP) is 4.03. The van der Waals surface area contributed by atoms with E-state index in [1.807, 2.05) is 18.5 Å². The molecule has 1 unspecified atom stereocenters. The van der Waals surface area contributed by atoms with E-state index in [9.17, 15) is 0 Å². The van der Waals surface area contributed by atoms with Crippen molar-refractivity contribution in [2.24, 2.45) is 0 Å². The van der Waals surface area contributed by atoms with Gasteiger partial charge in [0.2, 0.25) is 0 Å². The van der Waals surface area contributed by atoms with Gasteiger partial charge < -0.3 is 14.6 Å². The van der Waals surface area contributed by atoms with E-state index in [0.29, 0.717) is 6.04 Å². The van der Waals surface area contributed by atoms with Gasteiger partial charge in [0, 0.05) is 29.5 Å². The Balaban J connectivity index is 0.00000105. The molecule has 27 heavy (non-hydrogen) atoms. The average molecular weight is 407 g/mol. The van der Waals surface area contributed by atoms with Crippen LogP contribution in [-0.4, -0.2) is 39.8 Å². The van der Waals surface area contributed by atoms with Crippen LogP contribution in [0.2, 0.25) is 0 Å². The first-order valence-electron chi connectivity index (χ1n) is 9.06. The molecule has 5 rings (SSSR count). The highest BCUT2D eigenvalue weighted by Gasteiger charge is 2.42. The van der Waals surface area contributed by atoms with Gasteiger partial charge in [-0.1, -0.05) is 6.07 Å². The molecule has 3 aromatic rings. The van der Waals surface area contributed by atoms with E-state index < -0.39 is 0 Å². The molecule has 2 aromatic heterocycles. The number of hydrogen-bond acceptors (Lipinski definition) is 4. The van der Waals surface area contributed by atoms with Gasteiger partial charge in [-0.25, -0.2) is 4.98 Å². The van der Waals surface area contributed by atoms with Gasteiger partial charge in [-0.05, 0) is 56.6 Å². The number of imidazole rings is 1. The molecule has 5 nitrogen and oxygen atoms in total. The first-order valence-corrected chi connectivity index (χ1v) is 9.06. The maximum absolute atomic E-state index is 6.28. The molecule has 1 aromatic carbocycles. The van der Waals surface area contributed by atoms with E-state index >= 15 is 0 Å². The van der Waals surface area contributed by atoms with E-state index in [1.165, 1.54) is 0 Å². The number of hydrogen-bond donors (Lipinski definition) is 1. The Labute approximate surface area is 171 Å². The van der Waals surface area contributed by atoms with Crippen molar-refractivity contribution < 1.29 is 4.74 Å². The lowest BCUT2D eigenvalue weighted by Gasteiger charge is -2.33. The minimum Gasteiger partial charge on any atom is -0.373 e. The van der Waals surface area contributed by atoms with Crippen molar-refractivity contribution in [2.75, 3.05) is 19.7 Å². The summed E-state index contributed by atoms with van der Waals surface area (Å²) in [6.45, 7) is 2.89. The van der Waals surface area contributed by atoms with Crippen molar-refractivity contribution in [1.29, 1.82) is 0 Å². The Kier molecular flexibility index (Phi) is 6.06. The molecule has 2 saturated heterocycles. The summed E-state index contributed by atoms with van der Waals surface area (Å²) in [4.78, 5) is 9.05. The van der Waals surface area contributed by atoms with Gasteiger partial charge >= 0.3 is 0 Å². The Bertz CT molecular complexity index is 908. The number of nitrogens with zero attached hydrogens (tertiary/aromatic N) is 3. The lowest BCUT2D eigenvalue weighted by Crippen LogP contribution is -2.41. The van der Waals surface area contributed by atoms with Crippen LogP contribution in [0.15, 0.2) is 48.9 Å². The quantitative estimate of drug-likeness (QED) is 0.697. The smallest absolute Gasteiger partial charge is 0.140 e. The summed E-state index contributed by atoms with van der Waals surface area (Å²) in [6.07, 6.45) is 9.11. The van der Waals surface area contributed by atoms with Crippen molar-refractivity contribution in [2.45, 2.75) is 30.9 Å². The second-order valence-corrected chi connectivity index (χ2v) is 7.17. The molecule has 0 aliphatic carbocycles. The van der Waals surface area contributed by atoms with E-state index in [1.54, 1.807) is 0 Å². The number of pyridine rings is 1. The Hall–Kier alpha value is -1.66. The monoisotopic (exact) mass is 406 g/mol. The molecule has 2 aliphatic heterocycles. The number of ether oxygens (including phenoxy) is 1. The van der Waals surface area contributed by atoms with Gasteiger partial charge in [-0.15, -0.1) is 24.8 Å². The number of aromatic nitrogens is 3.